The number of fused-ring (bicyclic) bond motifs is 1. The van der Waals surface area contributed by atoms with Gasteiger partial charge in [-0.3, -0.25) is 4.79 Å². The van der Waals surface area contributed by atoms with Gasteiger partial charge in [0.2, 0.25) is 0 Å². The zero-order chi connectivity index (χ0) is 27.0. The van der Waals surface area contributed by atoms with E-state index >= 15 is 0 Å². The minimum absolute atomic E-state index is 0.162. The number of ether oxygens (including phenoxy) is 3. The third-order valence-corrected chi connectivity index (χ3v) is 5.86. The van der Waals surface area contributed by atoms with E-state index in [4.69, 9.17) is 14.5 Å². The summed E-state index contributed by atoms with van der Waals surface area (Å²) in [6.07, 6.45) is -1.80. The number of carbonyl (C=O) groups excluding carboxylic acids is 1. The van der Waals surface area contributed by atoms with Crippen LogP contribution in [0.5, 0.6) is 11.5 Å². The lowest BCUT2D eigenvalue weighted by molar-refractivity contribution is -0.274. The van der Waals surface area contributed by atoms with E-state index < -0.39 is 6.36 Å². The quantitative estimate of drug-likeness (QED) is 0.145. The number of nitrogens with zero attached hydrogens (tertiary/aromatic N) is 2. The Balaban J connectivity index is 1.40. The molecule has 0 bridgehead atoms. The molecule has 0 spiro atoms. The average molecular weight is 527 g/mol. The number of benzene rings is 3. The highest BCUT2D eigenvalue weighted by atomic mass is 19.4. The van der Waals surface area contributed by atoms with Crippen molar-refractivity contribution in [2.24, 2.45) is 0 Å². The summed E-state index contributed by atoms with van der Waals surface area (Å²) in [7, 11) is 0. The van der Waals surface area contributed by atoms with Crippen molar-refractivity contribution in [2.75, 3.05) is 13.2 Å². The molecular formula is C29H29F3N2O4. The second-order valence-corrected chi connectivity index (χ2v) is 8.69. The number of imidazole rings is 1. The van der Waals surface area contributed by atoms with E-state index in [1.54, 1.807) is 19.1 Å². The van der Waals surface area contributed by atoms with Gasteiger partial charge in [0.1, 0.15) is 17.3 Å². The predicted octanol–water partition coefficient (Wildman–Crippen LogP) is 7.15. The highest BCUT2D eigenvalue weighted by Gasteiger charge is 2.31. The molecular weight excluding hydrogens is 497 g/mol. The molecule has 0 N–H and O–H groups in total. The molecule has 0 radical (unpaired) electrons. The Bertz CT molecular complexity index is 1330. The fourth-order valence-corrected chi connectivity index (χ4v) is 4.11. The Hall–Kier alpha value is -4.01. The Morgan fingerprint density at radius 1 is 0.895 bits per heavy atom. The van der Waals surface area contributed by atoms with Gasteiger partial charge in [0, 0.05) is 18.5 Å². The number of hydrogen-bond donors (Lipinski definition) is 0. The lowest BCUT2D eigenvalue weighted by Gasteiger charge is -2.12. The van der Waals surface area contributed by atoms with E-state index in [1.807, 2.05) is 53.1 Å². The zero-order valence-corrected chi connectivity index (χ0v) is 21.0. The van der Waals surface area contributed by atoms with Crippen LogP contribution >= 0.6 is 0 Å². The summed E-state index contributed by atoms with van der Waals surface area (Å²) in [5.74, 6) is 0.965. The number of halogens is 3. The number of alkyl halides is 3. The molecule has 0 atom stereocenters. The summed E-state index contributed by atoms with van der Waals surface area (Å²) in [6.45, 7) is 3.29. The van der Waals surface area contributed by atoms with Crippen LogP contribution in [-0.2, 0) is 16.1 Å². The highest BCUT2D eigenvalue weighted by Crippen LogP contribution is 2.29. The summed E-state index contributed by atoms with van der Waals surface area (Å²) < 4.78 is 54.4. The van der Waals surface area contributed by atoms with Gasteiger partial charge in [0.05, 0.1) is 24.2 Å². The Morgan fingerprint density at radius 2 is 1.61 bits per heavy atom. The number of hydrogen-bond acceptors (Lipinski definition) is 5. The highest BCUT2D eigenvalue weighted by molar-refractivity contribution is 5.80. The summed E-state index contributed by atoms with van der Waals surface area (Å²) in [4.78, 5) is 16.1. The standard InChI is InChI=1S/C29H29F3N2O4/c1-2-36-27(35)10-4-3-7-19-37-23-15-11-21(12-16-23)20-34-26-9-6-5-8-25(26)33-28(34)22-13-17-24(18-14-22)38-29(30,31)32/h5-6,8-9,11-18H,2-4,7,10,19-20H2,1H3. The van der Waals surface area contributed by atoms with Crippen molar-refractivity contribution >= 4 is 17.0 Å². The van der Waals surface area contributed by atoms with E-state index in [0.717, 1.165) is 41.6 Å². The van der Waals surface area contributed by atoms with Crippen LogP contribution in [0.15, 0.2) is 72.8 Å². The van der Waals surface area contributed by atoms with Crippen LogP contribution in [0.3, 0.4) is 0 Å². The van der Waals surface area contributed by atoms with Crippen LogP contribution in [0, 0.1) is 0 Å². The first kappa shape index (κ1) is 27.0. The molecule has 3 aromatic carbocycles. The summed E-state index contributed by atoms with van der Waals surface area (Å²) in [5, 5.41) is 0. The Morgan fingerprint density at radius 3 is 2.32 bits per heavy atom. The van der Waals surface area contributed by atoms with Crippen molar-refractivity contribution in [1.29, 1.82) is 0 Å². The molecule has 4 rings (SSSR count). The third kappa shape index (κ3) is 7.50. The molecule has 0 saturated carbocycles. The lowest BCUT2D eigenvalue weighted by atomic mass is 10.1. The fourth-order valence-electron chi connectivity index (χ4n) is 4.11. The maximum atomic E-state index is 12.5. The number of carbonyl (C=O) groups is 1. The zero-order valence-electron chi connectivity index (χ0n) is 21.0. The van der Waals surface area contributed by atoms with Gasteiger partial charge in [0.15, 0.2) is 0 Å². The fraction of sp³-hybridized carbons (Fsp3) is 0.310. The first-order valence-corrected chi connectivity index (χ1v) is 12.5. The summed E-state index contributed by atoms with van der Waals surface area (Å²) in [5.41, 5.74) is 3.41. The van der Waals surface area contributed by atoms with Gasteiger partial charge < -0.3 is 18.8 Å². The average Bonchev–Trinajstić information content (AvgIpc) is 3.25. The minimum Gasteiger partial charge on any atom is -0.494 e. The topological polar surface area (TPSA) is 62.6 Å². The monoisotopic (exact) mass is 526 g/mol. The molecule has 200 valence electrons. The maximum absolute atomic E-state index is 12.5. The van der Waals surface area contributed by atoms with Crippen molar-refractivity contribution in [1.82, 2.24) is 9.55 Å². The lowest BCUT2D eigenvalue weighted by Crippen LogP contribution is -2.16. The molecule has 4 aromatic rings. The van der Waals surface area contributed by atoms with Crippen LogP contribution in [0.4, 0.5) is 13.2 Å². The molecule has 0 saturated heterocycles. The van der Waals surface area contributed by atoms with Crippen LogP contribution in [0.1, 0.15) is 38.2 Å². The van der Waals surface area contributed by atoms with E-state index in [-0.39, 0.29) is 11.7 Å². The van der Waals surface area contributed by atoms with Gasteiger partial charge in [0.25, 0.3) is 0 Å². The summed E-state index contributed by atoms with van der Waals surface area (Å²) in [6, 6.07) is 21.2. The van der Waals surface area contributed by atoms with Gasteiger partial charge in [-0.1, -0.05) is 24.3 Å². The van der Waals surface area contributed by atoms with E-state index in [9.17, 15) is 18.0 Å². The molecule has 0 aliphatic heterocycles. The molecule has 38 heavy (non-hydrogen) atoms. The van der Waals surface area contributed by atoms with Crippen molar-refractivity contribution in [3.8, 4) is 22.9 Å². The smallest absolute Gasteiger partial charge is 0.494 e. The number of rotatable bonds is 12. The molecule has 1 heterocycles. The van der Waals surface area contributed by atoms with E-state index in [0.29, 0.717) is 37.6 Å². The molecule has 0 amide bonds. The van der Waals surface area contributed by atoms with Crippen LogP contribution in [-0.4, -0.2) is 35.1 Å². The summed E-state index contributed by atoms with van der Waals surface area (Å²) >= 11 is 0. The molecule has 6 nitrogen and oxygen atoms in total. The van der Waals surface area contributed by atoms with Crippen molar-refractivity contribution in [2.45, 2.75) is 45.5 Å². The molecule has 9 heteroatoms. The van der Waals surface area contributed by atoms with Gasteiger partial charge >= 0.3 is 12.3 Å². The second kappa shape index (κ2) is 12.5. The van der Waals surface area contributed by atoms with Crippen molar-refractivity contribution in [3.63, 3.8) is 0 Å². The molecule has 0 aliphatic rings. The number of para-hydroxylation sites is 2. The minimum atomic E-state index is -4.74. The van der Waals surface area contributed by atoms with Gasteiger partial charge in [-0.25, -0.2) is 4.98 Å². The largest absolute Gasteiger partial charge is 0.573 e. The second-order valence-electron chi connectivity index (χ2n) is 8.69. The van der Waals surface area contributed by atoms with E-state index in [2.05, 4.69) is 4.74 Å². The Labute approximate surface area is 219 Å². The van der Waals surface area contributed by atoms with E-state index in [1.165, 1.54) is 12.1 Å². The van der Waals surface area contributed by atoms with Gasteiger partial charge in [-0.15, -0.1) is 13.2 Å². The Kier molecular flexibility index (Phi) is 8.89. The van der Waals surface area contributed by atoms with Crippen LogP contribution in [0.25, 0.3) is 22.4 Å². The SMILES string of the molecule is CCOC(=O)CCCCCOc1ccc(Cn2c(-c3ccc(OC(F)(F)F)cc3)nc3ccccc32)cc1. The van der Waals surface area contributed by atoms with Crippen LogP contribution < -0.4 is 9.47 Å². The van der Waals surface area contributed by atoms with Gasteiger partial charge in [-0.2, -0.15) is 0 Å². The van der Waals surface area contributed by atoms with Crippen molar-refractivity contribution in [3.05, 3.63) is 78.4 Å². The first-order valence-electron chi connectivity index (χ1n) is 12.5. The molecule has 0 aliphatic carbocycles. The maximum Gasteiger partial charge on any atom is 0.573 e. The van der Waals surface area contributed by atoms with Gasteiger partial charge in [-0.05, 0) is 80.3 Å². The first-order chi connectivity index (χ1) is 18.3. The molecule has 0 unspecified atom stereocenters. The predicted molar refractivity (Wildman–Crippen MR) is 138 cm³/mol. The number of unbranched alkanes of at least 4 members (excludes halogenated alkanes) is 2. The molecule has 1 aromatic heterocycles. The third-order valence-electron chi connectivity index (χ3n) is 5.86. The van der Waals surface area contributed by atoms with Crippen molar-refractivity contribution < 1.29 is 32.2 Å². The number of esters is 1. The molecule has 0 fully saturated rings. The normalized spacial score (nSPS) is 11.5. The number of aromatic nitrogens is 2. The van der Waals surface area contributed by atoms with Crippen LogP contribution in [0.2, 0.25) is 0 Å².